The van der Waals surface area contributed by atoms with Crippen molar-refractivity contribution in [2.45, 2.75) is 68.5 Å². The zero-order chi connectivity index (χ0) is 22.5. The highest BCUT2D eigenvalue weighted by Crippen LogP contribution is 2.42. The second-order valence-electron chi connectivity index (χ2n) is 8.89. The summed E-state index contributed by atoms with van der Waals surface area (Å²) in [6.07, 6.45) is 3.08. The third-order valence-electron chi connectivity index (χ3n) is 6.72. The molecular formula is C24H26N2O5S. The van der Waals surface area contributed by atoms with Gasteiger partial charge in [0, 0.05) is 31.0 Å². The van der Waals surface area contributed by atoms with E-state index in [-0.39, 0.29) is 47.7 Å². The molecule has 2 aromatic carbocycles. The Bertz CT molecular complexity index is 1130. The first-order chi connectivity index (χ1) is 15.3. The van der Waals surface area contributed by atoms with Crippen LogP contribution in [-0.2, 0) is 19.6 Å². The first kappa shape index (κ1) is 21.2. The molecule has 168 valence electrons. The van der Waals surface area contributed by atoms with Crippen LogP contribution in [0.1, 0.15) is 44.1 Å². The average molecular weight is 455 g/mol. The number of carbonyl (C=O) groups excluding carboxylic acids is 2. The SMILES string of the molecule is Cc1cccc(Oc2ccc(S(=O)(=O)N3C4CCC3CC(N3C(=O)CCC3=O)C4)cc2)c1. The number of hydrogen-bond donors (Lipinski definition) is 0. The lowest BCUT2D eigenvalue weighted by Crippen LogP contribution is -2.53. The molecule has 0 N–H and O–H groups in total. The smallest absolute Gasteiger partial charge is 0.243 e. The van der Waals surface area contributed by atoms with E-state index >= 15 is 0 Å². The lowest BCUT2D eigenvalue weighted by molar-refractivity contribution is -0.142. The van der Waals surface area contributed by atoms with Crippen molar-refractivity contribution in [2.24, 2.45) is 0 Å². The Morgan fingerprint density at radius 3 is 2.06 bits per heavy atom. The van der Waals surface area contributed by atoms with Gasteiger partial charge in [0.05, 0.1) is 4.90 Å². The van der Waals surface area contributed by atoms with Crippen LogP contribution >= 0.6 is 0 Å². The largest absolute Gasteiger partial charge is 0.457 e. The molecule has 2 atom stereocenters. The number of rotatable bonds is 5. The Hall–Kier alpha value is -2.71. The highest BCUT2D eigenvalue weighted by atomic mass is 32.2. The van der Waals surface area contributed by atoms with E-state index in [4.69, 9.17) is 4.74 Å². The van der Waals surface area contributed by atoms with Gasteiger partial charge in [-0.15, -0.1) is 0 Å². The minimum atomic E-state index is -3.68. The monoisotopic (exact) mass is 454 g/mol. The molecule has 3 aliphatic heterocycles. The molecule has 3 fully saturated rings. The molecule has 7 nitrogen and oxygen atoms in total. The van der Waals surface area contributed by atoms with E-state index in [1.807, 2.05) is 31.2 Å². The number of fused-ring (bicyclic) bond motifs is 2. The maximum Gasteiger partial charge on any atom is 0.243 e. The standard InChI is InChI=1S/C24H26N2O5S/c1-16-3-2-4-21(13-16)31-20-7-9-22(10-8-20)32(29,30)26-17-5-6-18(26)15-19(14-17)25-23(27)11-12-24(25)28/h2-4,7-10,13,17-19H,5-6,11-12,14-15H2,1H3. The van der Waals surface area contributed by atoms with Crippen LogP contribution in [0.3, 0.4) is 0 Å². The van der Waals surface area contributed by atoms with Crippen LogP contribution in [-0.4, -0.2) is 47.6 Å². The zero-order valence-corrected chi connectivity index (χ0v) is 18.8. The molecule has 5 rings (SSSR count). The van der Waals surface area contributed by atoms with E-state index in [0.29, 0.717) is 24.3 Å². The molecule has 8 heteroatoms. The number of ether oxygens (including phenoxy) is 1. The van der Waals surface area contributed by atoms with Crippen LogP contribution in [0.25, 0.3) is 0 Å². The van der Waals surface area contributed by atoms with Gasteiger partial charge in [-0.2, -0.15) is 4.31 Å². The van der Waals surface area contributed by atoms with Crippen molar-refractivity contribution in [3.8, 4) is 11.5 Å². The van der Waals surface area contributed by atoms with Crippen molar-refractivity contribution in [3.63, 3.8) is 0 Å². The van der Waals surface area contributed by atoms with Crippen molar-refractivity contribution < 1.29 is 22.7 Å². The lowest BCUT2D eigenvalue weighted by Gasteiger charge is -2.40. The van der Waals surface area contributed by atoms with Crippen molar-refractivity contribution in [3.05, 3.63) is 54.1 Å². The average Bonchev–Trinajstić information content (AvgIpc) is 3.24. The number of likely N-dealkylation sites (tertiary alicyclic amines) is 1. The predicted octanol–water partition coefficient (Wildman–Crippen LogP) is 3.62. The normalized spacial score (nSPS) is 26.0. The fourth-order valence-electron chi connectivity index (χ4n) is 5.33. The zero-order valence-electron chi connectivity index (χ0n) is 17.9. The van der Waals surface area contributed by atoms with Gasteiger partial charge in [-0.3, -0.25) is 14.5 Å². The Morgan fingerprint density at radius 1 is 0.844 bits per heavy atom. The first-order valence-corrected chi connectivity index (χ1v) is 12.5. The minimum Gasteiger partial charge on any atom is -0.457 e. The van der Waals surface area contributed by atoms with Gasteiger partial charge in [0.1, 0.15) is 11.5 Å². The summed E-state index contributed by atoms with van der Waals surface area (Å²) in [5.74, 6) is 1.02. The summed E-state index contributed by atoms with van der Waals surface area (Å²) in [7, 11) is -3.68. The molecule has 2 aromatic rings. The Labute approximate surface area is 188 Å². The molecule has 3 aliphatic rings. The summed E-state index contributed by atoms with van der Waals surface area (Å²) in [4.78, 5) is 26.0. The van der Waals surface area contributed by atoms with Gasteiger partial charge in [-0.05, 0) is 74.6 Å². The summed E-state index contributed by atoms with van der Waals surface area (Å²) >= 11 is 0. The Morgan fingerprint density at radius 2 is 1.47 bits per heavy atom. The van der Waals surface area contributed by atoms with Crippen LogP contribution in [0, 0.1) is 6.92 Å². The van der Waals surface area contributed by atoms with Crippen molar-refractivity contribution in [1.29, 1.82) is 0 Å². The van der Waals surface area contributed by atoms with Crippen molar-refractivity contribution in [1.82, 2.24) is 9.21 Å². The second kappa shape index (κ2) is 8.01. The molecule has 2 unspecified atom stereocenters. The number of amides is 2. The number of piperidine rings is 1. The van der Waals surface area contributed by atoms with Crippen LogP contribution in [0.5, 0.6) is 11.5 Å². The van der Waals surface area contributed by atoms with E-state index in [1.165, 1.54) is 4.90 Å². The van der Waals surface area contributed by atoms with E-state index in [0.717, 1.165) is 18.4 Å². The molecule has 0 radical (unpaired) electrons. The van der Waals surface area contributed by atoms with E-state index in [1.54, 1.807) is 28.6 Å². The van der Waals surface area contributed by atoms with Gasteiger partial charge >= 0.3 is 0 Å². The van der Waals surface area contributed by atoms with Crippen molar-refractivity contribution in [2.75, 3.05) is 0 Å². The molecular weight excluding hydrogens is 428 g/mol. The number of aryl methyl sites for hydroxylation is 1. The number of carbonyl (C=O) groups is 2. The molecule has 0 spiro atoms. The van der Waals surface area contributed by atoms with Gasteiger partial charge < -0.3 is 4.74 Å². The highest BCUT2D eigenvalue weighted by Gasteiger charge is 2.50. The molecule has 2 bridgehead atoms. The highest BCUT2D eigenvalue weighted by molar-refractivity contribution is 7.89. The maximum atomic E-state index is 13.5. The maximum absolute atomic E-state index is 13.5. The van der Waals surface area contributed by atoms with Gasteiger partial charge in [0.2, 0.25) is 21.8 Å². The molecule has 0 saturated carbocycles. The summed E-state index contributed by atoms with van der Waals surface area (Å²) < 4.78 is 34.4. The number of nitrogens with zero attached hydrogens (tertiary/aromatic N) is 2. The van der Waals surface area contributed by atoms with Gasteiger partial charge in [0.15, 0.2) is 0 Å². The third kappa shape index (κ3) is 3.71. The fourth-order valence-corrected chi connectivity index (χ4v) is 7.22. The molecule has 3 saturated heterocycles. The quantitative estimate of drug-likeness (QED) is 0.645. The summed E-state index contributed by atoms with van der Waals surface area (Å²) in [6, 6.07) is 13.6. The molecule has 32 heavy (non-hydrogen) atoms. The summed E-state index contributed by atoms with van der Waals surface area (Å²) in [5.41, 5.74) is 1.08. The van der Waals surface area contributed by atoms with Crippen molar-refractivity contribution >= 4 is 21.8 Å². The fraction of sp³-hybridized carbons (Fsp3) is 0.417. The summed E-state index contributed by atoms with van der Waals surface area (Å²) in [5, 5.41) is 0. The Kier molecular flexibility index (Phi) is 5.29. The van der Waals surface area contributed by atoms with E-state index in [2.05, 4.69) is 0 Å². The molecule has 0 aromatic heterocycles. The van der Waals surface area contributed by atoms with Crippen LogP contribution in [0.2, 0.25) is 0 Å². The number of imide groups is 1. The number of hydrogen-bond acceptors (Lipinski definition) is 5. The van der Waals surface area contributed by atoms with E-state index < -0.39 is 10.0 Å². The second-order valence-corrected chi connectivity index (χ2v) is 10.7. The first-order valence-electron chi connectivity index (χ1n) is 11.1. The minimum absolute atomic E-state index is 0.125. The summed E-state index contributed by atoms with van der Waals surface area (Å²) in [6.45, 7) is 1.98. The number of sulfonamides is 1. The third-order valence-corrected chi connectivity index (χ3v) is 8.74. The molecule has 0 aliphatic carbocycles. The lowest BCUT2D eigenvalue weighted by atomic mass is 9.98. The Balaban J connectivity index is 1.33. The van der Waals surface area contributed by atoms with Crippen LogP contribution in [0.15, 0.2) is 53.4 Å². The molecule has 2 amide bonds. The molecule has 3 heterocycles. The van der Waals surface area contributed by atoms with Gasteiger partial charge in [0.25, 0.3) is 0 Å². The van der Waals surface area contributed by atoms with Gasteiger partial charge in [-0.25, -0.2) is 8.42 Å². The number of benzene rings is 2. The topological polar surface area (TPSA) is 84.0 Å². The van der Waals surface area contributed by atoms with Crippen LogP contribution < -0.4 is 4.74 Å². The predicted molar refractivity (Wildman–Crippen MR) is 118 cm³/mol. The van der Waals surface area contributed by atoms with Crippen LogP contribution in [0.4, 0.5) is 0 Å². The van der Waals surface area contributed by atoms with Gasteiger partial charge in [-0.1, -0.05) is 12.1 Å². The van der Waals surface area contributed by atoms with E-state index in [9.17, 15) is 18.0 Å².